The van der Waals surface area contributed by atoms with Crippen LogP contribution in [0.5, 0.6) is 0 Å². The van der Waals surface area contributed by atoms with Crippen LogP contribution in [0.1, 0.15) is 20.8 Å². The van der Waals surface area contributed by atoms with Crippen LogP contribution < -0.4 is 5.14 Å². The van der Waals surface area contributed by atoms with Crippen molar-refractivity contribution in [3.63, 3.8) is 0 Å². The van der Waals surface area contributed by atoms with Crippen LogP contribution in [0.25, 0.3) is 0 Å². The number of rotatable bonds is 1. The number of amides is 1. The first-order valence-corrected chi connectivity index (χ1v) is 5.10. The lowest BCUT2D eigenvalue weighted by Crippen LogP contribution is -2.38. The number of ether oxygens (including phenoxy) is 1. The third-order valence-corrected chi connectivity index (χ3v) is 2.07. The third-order valence-electron chi connectivity index (χ3n) is 0.760. The summed E-state index contributed by atoms with van der Waals surface area (Å²) in [4.78, 5) is 10.9. The fourth-order valence-corrected chi connectivity index (χ4v) is 0.681. The maximum Gasteiger partial charge on any atom is 0.440 e. The van der Waals surface area contributed by atoms with Gasteiger partial charge >= 0.3 is 16.3 Å². The molecule has 0 saturated carbocycles. The summed E-state index contributed by atoms with van der Waals surface area (Å²) in [5.41, 5.74) is -0.824. The molecule has 2 N–H and O–H groups in total. The average Bonchev–Trinajstić information content (AvgIpc) is 1.79. The first kappa shape index (κ1) is 12.5. The molecule has 0 aromatic carbocycles. The largest absolute Gasteiger partial charge is 0.442 e. The maximum absolute atomic E-state index is 10.9. The van der Waals surface area contributed by atoms with E-state index < -0.39 is 21.9 Å². The molecule has 0 aromatic rings. The van der Waals surface area contributed by atoms with Crippen LogP contribution in [-0.4, -0.2) is 23.9 Å². The lowest BCUT2D eigenvalue weighted by Gasteiger charge is -2.21. The van der Waals surface area contributed by atoms with Gasteiger partial charge in [-0.1, -0.05) is 3.82 Å². The molecule has 0 atom stereocenters. The number of hydrogen-bond donors (Lipinski definition) is 1. The fourth-order valence-electron chi connectivity index (χ4n) is 0.402. The van der Waals surface area contributed by atoms with Crippen molar-refractivity contribution in [2.24, 2.45) is 5.14 Å². The van der Waals surface area contributed by atoms with E-state index in [2.05, 4.69) is 9.88 Å². The van der Waals surface area contributed by atoms with Gasteiger partial charge in [-0.3, -0.25) is 0 Å². The molecule has 0 rings (SSSR count). The molecule has 0 aliphatic carbocycles. The predicted molar refractivity (Wildman–Crippen MR) is 47.0 cm³/mol. The van der Waals surface area contributed by atoms with Crippen molar-refractivity contribution >= 4 is 28.1 Å². The number of nitrogens with zero attached hydrogens (tertiary/aromatic N) is 1. The lowest BCUT2D eigenvalue weighted by molar-refractivity contribution is 0.0479. The number of halogens is 1. The highest BCUT2D eigenvalue weighted by atomic mass is 35.5. The van der Waals surface area contributed by atoms with Crippen molar-refractivity contribution in [3.05, 3.63) is 0 Å². The molecule has 8 heteroatoms. The molecule has 0 aromatic heterocycles. The highest BCUT2D eigenvalue weighted by Gasteiger charge is 2.27. The molecule has 78 valence electrons. The van der Waals surface area contributed by atoms with E-state index in [9.17, 15) is 13.2 Å². The number of carbonyl (C=O) groups is 1. The second kappa shape index (κ2) is 3.69. The van der Waals surface area contributed by atoms with Gasteiger partial charge in [0.1, 0.15) is 5.60 Å². The van der Waals surface area contributed by atoms with Crippen LogP contribution in [0.2, 0.25) is 0 Å². The Morgan fingerprint density at radius 1 is 1.46 bits per heavy atom. The van der Waals surface area contributed by atoms with E-state index in [0.717, 1.165) is 0 Å². The Balaban J connectivity index is 4.48. The number of nitrogens with two attached hydrogens (primary N) is 1. The molecule has 0 bridgehead atoms. The van der Waals surface area contributed by atoms with Gasteiger partial charge in [0.05, 0.1) is 0 Å². The Morgan fingerprint density at radius 2 is 1.85 bits per heavy atom. The quantitative estimate of drug-likeness (QED) is 0.668. The van der Waals surface area contributed by atoms with Gasteiger partial charge in [-0.2, -0.15) is 8.42 Å². The van der Waals surface area contributed by atoms with Crippen molar-refractivity contribution in [2.75, 3.05) is 0 Å². The minimum Gasteiger partial charge on any atom is -0.442 e. The van der Waals surface area contributed by atoms with Gasteiger partial charge in [-0.05, 0) is 20.8 Å². The smallest absolute Gasteiger partial charge is 0.440 e. The van der Waals surface area contributed by atoms with Crippen molar-refractivity contribution in [3.8, 4) is 0 Å². The highest BCUT2D eigenvalue weighted by molar-refractivity contribution is 7.88. The first-order valence-electron chi connectivity index (χ1n) is 3.26. The molecule has 0 spiro atoms. The van der Waals surface area contributed by atoms with Crippen LogP contribution in [-0.2, 0) is 14.9 Å². The molecule has 0 aliphatic heterocycles. The second-order valence-corrected chi connectivity index (χ2v) is 5.17. The summed E-state index contributed by atoms with van der Waals surface area (Å²) < 4.78 is 25.5. The highest BCUT2D eigenvalue weighted by Crippen LogP contribution is 2.12. The topological polar surface area (TPSA) is 89.7 Å². The molecule has 0 aliphatic rings. The Labute approximate surface area is 81.9 Å². The van der Waals surface area contributed by atoms with Crippen LogP contribution in [0.4, 0.5) is 4.79 Å². The van der Waals surface area contributed by atoms with E-state index in [0.29, 0.717) is 0 Å². The molecule has 0 saturated heterocycles. The fraction of sp³-hybridized carbons (Fsp3) is 0.800. The van der Waals surface area contributed by atoms with Crippen LogP contribution in [0.15, 0.2) is 0 Å². The van der Waals surface area contributed by atoms with E-state index in [1.165, 1.54) is 0 Å². The zero-order chi connectivity index (χ0) is 10.9. The van der Waals surface area contributed by atoms with Crippen molar-refractivity contribution < 1.29 is 17.9 Å². The second-order valence-electron chi connectivity index (χ2n) is 3.24. The molecule has 0 heterocycles. The van der Waals surface area contributed by atoms with E-state index in [1.54, 1.807) is 20.8 Å². The molecule has 0 unspecified atom stereocenters. The van der Waals surface area contributed by atoms with Gasteiger partial charge in [0.2, 0.25) is 0 Å². The summed E-state index contributed by atoms with van der Waals surface area (Å²) in [5.74, 6) is 0. The van der Waals surface area contributed by atoms with Crippen molar-refractivity contribution in [1.29, 1.82) is 0 Å². The van der Waals surface area contributed by atoms with Crippen molar-refractivity contribution in [1.82, 2.24) is 3.82 Å². The van der Waals surface area contributed by atoms with Crippen LogP contribution in [0, 0.1) is 0 Å². The van der Waals surface area contributed by atoms with Gasteiger partial charge in [0.15, 0.2) is 0 Å². The number of hydrogen-bond acceptors (Lipinski definition) is 4. The Morgan fingerprint density at radius 3 is 2.08 bits per heavy atom. The monoisotopic (exact) mass is 230 g/mol. The summed E-state index contributed by atoms with van der Waals surface area (Å²) in [6, 6.07) is 0. The minimum atomic E-state index is -4.25. The van der Waals surface area contributed by atoms with Gasteiger partial charge in [-0.25, -0.2) is 9.93 Å². The molecule has 1 amide bonds. The van der Waals surface area contributed by atoms with Gasteiger partial charge < -0.3 is 4.74 Å². The average molecular weight is 231 g/mol. The zero-order valence-electron chi connectivity index (χ0n) is 7.44. The standard InChI is InChI=1S/C5H11ClN2O4S/c1-5(2,3)12-4(9)8(6)13(7,10)11/h1-3H3,(H2,7,10,11). The van der Waals surface area contributed by atoms with Gasteiger partial charge in [0, 0.05) is 11.8 Å². The summed E-state index contributed by atoms with van der Waals surface area (Å²) in [6.07, 6.45) is -1.23. The summed E-state index contributed by atoms with van der Waals surface area (Å²) in [6.45, 7) is 4.70. The normalized spacial score (nSPS) is 12.4. The Hall–Kier alpha value is -0.530. The number of carbonyl (C=O) groups excluding carboxylic acids is 1. The summed E-state index contributed by atoms with van der Waals surface area (Å²) in [7, 11) is -4.25. The van der Waals surface area contributed by atoms with E-state index in [1.807, 2.05) is 0 Å². The van der Waals surface area contributed by atoms with Crippen LogP contribution in [0.3, 0.4) is 0 Å². The van der Waals surface area contributed by atoms with Gasteiger partial charge in [0.25, 0.3) is 0 Å². The van der Waals surface area contributed by atoms with Crippen LogP contribution >= 0.6 is 11.8 Å². The van der Waals surface area contributed by atoms with E-state index >= 15 is 0 Å². The molecule has 13 heavy (non-hydrogen) atoms. The van der Waals surface area contributed by atoms with Gasteiger partial charge in [-0.15, -0.1) is 0 Å². The third kappa shape index (κ3) is 4.91. The molecular weight excluding hydrogens is 220 g/mol. The summed E-state index contributed by atoms with van der Waals surface area (Å²) >= 11 is 5.06. The van der Waals surface area contributed by atoms with E-state index in [-0.39, 0.29) is 3.82 Å². The lowest BCUT2D eigenvalue weighted by atomic mass is 10.2. The Kier molecular flexibility index (Phi) is 3.54. The van der Waals surface area contributed by atoms with Crippen molar-refractivity contribution in [2.45, 2.75) is 26.4 Å². The first-order chi connectivity index (χ1) is 5.54. The minimum absolute atomic E-state index is 0.182. The van der Waals surface area contributed by atoms with E-state index in [4.69, 9.17) is 11.8 Å². The zero-order valence-corrected chi connectivity index (χ0v) is 9.02. The molecule has 0 radical (unpaired) electrons. The summed E-state index contributed by atoms with van der Waals surface area (Å²) in [5, 5.41) is 4.56. The maximum atomic E-state index is 10.9. The Bertz CT molecular complexity index is 294. The molecule has 0 fully saturated rings. The molecular formula is C5H11ClN2O4S. The SMILES string of the molecule is CC(C)(C)OC(=O)N(Cl)S(N)(=O)=O. The molecule has 6 nitrogen and oxygen atoms in total. The predicted octanol–water partition coefficient (Wildman–Crippen LogP) is 0.581.